The van der Waals surface area contributed by atoms with Crippen molar-refractivity contribution in [3.05, 3.63) is 0 Å². The van der Waals surface area contributed by atoms with Gasteiger partial charge in [0, 0.05) is 6.04 Å². The number of hydrogen-bond donors (Lipinski definition) is 2. The van der Waals surface area contributed by atoms with E-state index in [-0.39, 0.29) is 30.6 Å². The highest BCUT2D eigenvalue weighted by molar-refractivity contribution is 5.77. The topological polar surface area (TPSA) is 58.6 Å². The second kappa shape index (κ2) is 5.57. The highest BCUT2D eigenvalue weighted by atomic mass is 16.5. The van der Waals surface area contributed by atoms with Crippen LogP contribution in [-0.2, 0) is 9.53 Å². The van der Waals surface area contributed by atoms with E-state index in [0.29, 0.717) is 0 Å². The fraction of sp³-hybridized carbons (Fsp3) is 0.929. The molecule has 1 saturated carbocycles. The molecule has 2 fully saturated rings. The molecule has 4 nitrogen and oxygen atoms in total. The molecule has 1 saturated heterocycles. The van der Waals surface area contributed by atoms with Crippen molar-refractivity contribution in [3.8, 4) is 0 Å². The van der Waals surface area contributed by atoms with E-state index in [9.17, 15) is 9.90 Å². The lowest BCUT2D eigenvalue weighted by atomic mass is 9.96. The molecule has 0 aromatic rings. The molecule has 0 bridgehead atoms. The van der Waals surface area contributed by atoms with Gasteiger partial charge in [-0.15, -0.1) is 0 Å². The van der Waals surface area contributed by atoms with Crippen LogP contribution in [0.2, 0.25) is 0 Å². The van der Waals surface area contributed by atoms with Crippen LogP contribution in [0.15, 0.2) is 0 Å². The molecule has 0 aromatic heterocycles. The van der Waals surface area contributed by atoms with Crippen LogP contribution in [0.5, 0.6) is 0 Å². The zero-order valence-corrected chi connectivity index (χ0v) is 11.4. The Bertz CT molecular complexity index is 289. The van der Waals surface area contributed by atoms with Crippen molar-refractivity contribution in [2.45, 2.75) is 82.6 Å². The van der Waals surface area contributed by atoms with Gasteiger partial charge in [-0.2, -0.15) is 0 Å². The third-order valence-corrected chi connectivity index (χ3v) is 4.09. The van der Waals surface area contributed by atoms with Crippen LogP contribution >= 0.6 is 0 Å². The summed E-state index contributed by atoms with van der Waals surface area (Å²) in [7, 11) is 0. The van der Waals surface area contributed by atoms with Gasteiger partial charge in [-0.05, 0) is 39.5 Å². The number of aliphatic hydroxyl groups is 1. The predicted molar refractivity (Wildman–Crippen MR) is 69.2 cm³/mol. The smallest absolute Gasteiger partial charge is 0.223 e. The Kier molecular flexibility index (Phi) is 4.28. The van der Waals surface area contributed by atoms with Crippen molar-refractivity contribution in [2.75, 3.05) is 0 Å². The Balaban J connectivity index is 1.80. The summed E-state index contributed by atoms with van der Waals surface area (Å²) in [5.74, 6) is -0.00861. The van der Waals surface area contributed by atoms with E-state index in [2.05, 4.69) is 5.32 Å². The number of ether oxygens (including phenoxy) is 1. The van der Waals surface area contributed by atoms with Crippen molar-refractivity contribution in [1.82, 2.24) is 5.32 Å². The quantitative estimate of drug-likeness (QED) is 0.808. The van der Waals surface area contributed by atoms with Gasteiger partial charge in [-0.1, -0.05) is 12.8 Å². The highest BCUT2D eigenvalue weighted by Gasteiger charge is 2.34. The van der Waals surface area contributed by atoms with Gasteiger partial charge in [0.25, 0.3) is 0 Å². The molecule has 0 radical (unpaired) electrons. The first kappa shape index (κ1) is 13.8. The minimum atomic E-state index is -0.744. The highest BCUT2D eigenvalue weighted by Crippen LogP contribution is 2.32. The van der Waals surface area contributed by atoms with Crippen molar-refractivity contribution in [1.29, 1.82) is 0 Å². The van der Waals surface area contributed by atoms with Gasteiger partial charge in [-0.3, -0.25) is 4.79 Å². The Morgan fingerprint density at radius 2 is 1.83 bits per heavy atom. The summed E-state index contributed by atoms with van der Waals surface area (Å²) in [6.07, 6.45) is 6.00. The van der Waals surface area contributed by atoms with E-state index in [1.807, 2.05) is 13.8 Å². The molecule has 1 amide bonds. The summed E-state index contributed by atoms with van der Waals surface area (Å²) in [6.45, 7) is 4.08. The Morgan fingerprint density at radius 3 is 2.39 bits per heavy atom. The number of carbonyl (C=O) groups excluding carboxylic acids is 1. The van der Waals surface area contributed by atoms with Crippen molar-refractivity contribution in [3.63, 3.8) is 0 Å². The van der Waals surface area contributed by atoms with Crippen LogP contribution in [0.4, 0.5) is 0 Å². The van der Waals surface area contributed by atoms with E-state index < -0.39 is 5.60 Å². The summed E-state index contributed by atoms with van der Waals surface area (Å²) in [4.78, 5) is 12.0. The molecule has 18 heavy (non-hydrogen) atoms. The largest absolute Gasteiger partial charge is 0.389 e. The van der Waals surface area contributed by atoms with Crippen LogP contribution in [0, 0.1) is 0 Å². The zero-order valence-electron chi connectivity index (χ0n) is 11.4. The lowest BCUT2D eigenvalue weighted by Gasteiger charge is -2.33. The molecule has 1 aliphatic heterocycles. The van der Waals surface area contributed by atoms with Crippen LogP contribution in [0.1, 0.15) is 58.8 Å². The maximum absolute atomic E-state index is 12.0. The molecule has 104 valence electrons. The lowest BCUT2D eigenvalue weighted by molar-refractivity contribution is -0.128. The number of amides is 1. The van der Waals surface area contributed by atoms with E-state index in [4.69, 9.17) is 4.74 Å². The number of nitrogens with one attached hydrogen (secondary N) is 1. The lowest BCUT2D eigenvalue weighted by Crippen LogP contribution is -2.45. The maximum atomic E-state index is 12.0. The zero-order chi connectivity index (χ0) is 13.2. The normalized spacial score (nSPS) is 35.4. The average Bonchev–Trinajstić information content (AvgIpc) is 2.62. The first-order chi connectivity index (χ1) is 8.47. The Labute approximate surface area is 109 Å². The SMILES string of the molecule is CC1CC(NC(=O)CC2(O)CCCC2)CC(C)O1. The van der Waals surface area contributed by atoms with E-state index in [0.717, 1.165) is 38.5 Å². The molecule has 2 aliphatic rings. The fourth-order valence-corrected chi connectivity index (χ4v) is 3.31. The number of hydrogen-bond acceptors (Lipinski definition) is 3. The summed E-state index contributed by atoms with van der Waals surface area (Å²) in [5.41, 5.74) is -0.744. The van der Waals surface area contributed by atoms with Gasteiger partial charge in [-0.25, -0.2) is 0 Å². The molecule has 1 aliphatic carbocycles. The minimum absolute atomic E-state index is 0.00861. The first-order valence-corrected chi connectivity index (χ1v) is 7.14. The molecule has 2 unspecified atom stereocenters. The number of rotatable bonds is 3. The average molecular weight is 255 g/mol. The monoisotopic (exact) mass is 255 g/mol. The fourth-order valence-electron chi connectivity index (χ4n) is 3.31. The maximum Gasteiger partial charge on any atom is 0.223 e. The standard InChI is InChI=1S/C14H25NO3/c1-10-7-12(8-11(2)18-10)15-13(16)9-14(17)5-3-4-6-14/h10-12,17H,3-9H2,1-2H3,(H,15,16). The summed E-state index contributed by atoms with van der Waals surface area (Å²) in [5, 5.41) is 13.3. The minimum Gasteiger partial charge on any atom is -0.389 e. The molecular weight excluding hydrogens is 230 g/mol. The molecular formula is C14H25NO3. The molecule has 0 spiro atoms. The second-order valence-corrected chi connectivity index (χ2v) is 6.10. The summed E-state index contributed by atoms with van der Waals surface area (Å²) < 4.78 is 5.65. The van der Waals surface area contributed by atoms with Gasteiger partial charge >= 0.3 is 0 Å². The van der Waals surface area contributed by atoms with E-state index >= 15 is 0 Å². The third kappa shape index (κ3) is 3.69. The molecule has 2 rings (SSSR count). The van der Waals surface area contributed by atoms with Gasteiger partial charge < -0.3 is 15.2 Å². The molecule has 4 heteroatoms. The first-order valence-electron chi connectivity index (χ1n) is 7.14. The molecule has 2 N–H and O–H groups in total. The van der Waals surface area contributed by atoms with Gasteiger partial charge in [0.15, 0.2) is 0 Å². The Hall–Kier alpha value is -0.610. The predicted octanol–water partition coefficient (Wildman–Crippen LogP) is 1.75. The van der Waals surface area contributed by atoms with Gasteiger partial charge in [0.1, 0.15) is 0 Å². The van der Waals surface area contributed by atoms with Gasteiger partial charge in [0.05, 0.1) is 24.2 Å². The van der Waals surface area contributed by atoms with Crippen molar-refractivity contribution in [2.24, 2.45) is 0 Å². The molecule has 1 heterocycles. The van der Waals surface area contributed by atoms with Crippen molar-refractivity contribution < 1.29 is 14.6 Å². The van der Waals surface area contributed by atoms with Crippen LogP contribution in [-0.4, -0.2) is 34.9 Å². The van der Waals surface area contributed by atoms with Crippen LogP contribution < -0.4 is 5.32 Å². The van der Waals surface area contributed by atoms with Gasteiger partial charge in [0.2, 0.25) is 5.91 Å². The second-order valence-electron chi connectivity index (χ2n) is 6.10. The van der Waals surface area contributed by atoms with Crippen molar-refractivity contribution >= 4 is 5.91 Å². The summed E-state index contributed by atoms with van der Waals surface area (Å²) >= 11 is 0. The van der Waals surface area contributed by atoms with Crippen LogP contribution in [0.3, 0.4) is 0 Å². The molecule has 0 aromatic carbocycles. The molecule has 2 atom stereocenters. The summed E-state index contributed by atoms with van der Waals surface area (Å²) in [6, 6.07) is 0.196. The van der Waals surface area contributed by atoms with E-state index in [1.54, 1.807) is 0 Å². The number of carbonyl (C=O) groups is 1. The van der Waals surface area contributed by atoms with Crippen LogP contribution in [0.25, 0.3) is 0 Å². The van der Waals surface area contributed by atoms with E-state index in [1.165, 1.54) is 0 Å². The Morgan fingerprint density at radius 1 is 1.28 bits per heavy atom. The third-order valence-electron chi connectivity index (χ3n) is 4.09.